The summed E-state index contributed by atoms with van der Waals surface area (Å²) >= 11 is 3.39. The van der Waals surface area contributed by atoms with Crippen molar-refractivity contribution in [3.8, 4) is 0 Å². The average Bonchev–Trinajstić information content (AvgIpc) is 2.47. The van der Waals surface area contributed by atoms with E-state index in [9.17, 15) is 8.78 Å². The summed E-state index contributed by atoms with van der Waals surface area (Å²) in [6.45, 7) is 3.08. The first-order valence-corrected chi connectivity index (χ1v) is 7.53. The summed E-state index contributed by atoms with van der Waals surface area (Å²) in [5.74, 6) is -0.576. The Morgan fingerprint density at radius 2 is 1.71 bits per heavy atom. The van der Waals surface area contributed by atoms with Crippen molar-refractivity contribution in [1.29, 1.82) is 0 Å². The molecular formula is C16H17BrF2N2. The molecule has 0 aliphatic rings. The van der Waals surface area contributed by atoms with E-state index in [4.69, 9.17) is 5.73 Å². The highest BCUT2D eigenvalue weighted by Crippen LogP contribution is 2.31. The Kier molecular flexibility index (Phi) is 5.31. The Bertz CT molecular complexity index is 602. The molecule has 0 aliphatic heterocycles. The van der Waals surface area contributed by atoms with Gasteiger partial charge in [0.25, 0.3) is 0 Å². The molecule has 0 aliphatic carbocycles. The average molecular weight is 355 g/mol. The molecule has 0 aromatic heterocycles. The molecule has 5 heteroatoms. The van der Waals surface area contributed by atoms with Crippen LogP contribution in [0, 0.1) is 11.6 Å². The van der Waals surface area contributed by atoms with E-state index in [0.717, 1.165) is 11.3 Å². The van der Waals surface area contributed by atoms with E-state index in [0.29, 0.717) is 17.6 Å². The summed E-state index contributed by atoms with van der Waals surface area (Å²) in [6.07, 6.45) is 0. The summed E-state index contributed by atoms with van der Waals surface area (Å²) in [5, 5.41) is 0. The standard InChI is InChI=1S/C16H17BrF2N2/c1-2-21(13-6-3-11(18)4-7-13)16(10-20)14-8-5-12(19)9-15(14)17/h3-9,16H,2,10,20H2,1H3. The third-order valence-electron chi connectivity index (χ3n) is 3.42. The lowest BCUT2D eigenvalue weighted by Gasteiger charge is -2.33. The highest BCUT2D eigenvalue weighted by molar-refractivity contribution is 9.10. The smallest absolute Gasteiger partial charge is 0.124 e. The minimum atomic E-state index is -0.300. The second-order valence-corrected chi connectivity index (χ2v) is 5.53. The molecule has 2 N–H and O–H groups in total. The number of nitrogens with two attached hydrogens (primary N) is 1. The third kappa shape index (κ3) is 3.60. The lowest BCUT2D eigenvalue weighted by atomic mass is 10.0. The Balaban J connectivity index is 2.39. The van der Waals surface area contributed by atoms with Crippen LogP contribution in [0.4, 0.5) is 14.5 Å². The summed E-state index contributed by atoms with van der Waals surface area (Å²) in [7, 11) is 0. The van der Waals surface area contributed by atoms with Gasteiger partial charge in [-0.05, 0) is 48.9 Å². The molecule has 0 spiro atoms. The minimum Gasteiger partial charge on any atom is -0.363 e. The number of hydrogen-bond acceptors (Lipinski definition) is 2. The zero-order chi connectivity index (χ0) is 15.4. The van der Waals surface area contributed by atoms with Gasteiger partial charge in [0.1, 0.15) is 11.6 Å². The molecule has 21 heavy (non-hydrogen) atoms. The van der Waals surface area contributed by atoms with Crippen LogP contribution in [0.25, 0.3) is 0 Å². The van der Waals surface area contributed by atoms with Crippen molar-refractivity contribution in [3.05, 3.63) is 64.1 Å². The van der Waals surface area contributed by atoms with Crippen LogP contribution in [0.3, 0.4) is 0 Å². The highest BCUT2D eigenvalue weighted by Gasteiger charge is 2.20. The molecular weight excluding hydrogens is 338 g/mol. The van der Waals surface area contributed by atoms with Gasteiger partial charge in [0.15, 0.2) is 0 Å². The molecule has 0 fully saturated rings. The zero-order valence-electron chi connectivity index (χ0n) is 11.7. The molecule has 1 atom stereocenters. The van der Waals surface area contributed by atoms with Gasteiger partial charge in [-0.15, -0.1) is 0 Å². The number of benzene rings is 2. The molecule has 0 saturated carbocycles. The normalized spacial score (nSPS) is 12.2. The fourth-order valence-corrected chi connectivity index (χ4v) is 3.02. The number of likely N-dealkylation sites (N-methyl/N-ethyl adjacent to an activating group) is 1. The topological polar surface area (TPSA) is 29.3 Å². The van der Waals surface area contributed by atoms with Gasteiger partial charge in [0, 0.05) is 23.2 Å². The number of nitrogens with zero attached hydrogens (tertiary/aromatic N) is 1. The van der Waals surface area contributed by atoms with Gasteiger partial charge in [-0.3, -0.25) is 0 Å². The number of halogens is 3. The van der Waals surface area contributed by atoms with Crippen molar-refractivity contribution in [3.63, 3.8) is 0 Å². The second kappa shape index (κ2) is 7.00. The molecule has 2 rings (SSSR count). The van der Waals surface area contributed by atoms with Crippen molar-refractivity contribution < 1.29 is 8.78 Å². The van der Waals surface area contributed by atoms with Gasteiger partial charge in [-0.25, -0.2) is 8.78 Å². The summed E-state index contributed by atoms with van der Waals surface area (Å²) in [6, 6.07) is 10.7. The Morgan fingerprint density at radius 3 is 2.24 bits per heavy atom. The van der Waals surface area contributed by atoms with Crippen LogP contribution in [0.2, 0.25) is 0 Å². The quantitative estimate of drug-likeness (QED) is 0.869. The predicted octanol–water partition coefficient (Wildman–Crippen LogP) is 4.25. The van der Waals surface area contributed by atoms with Crippen LogP contribution in [0.1, 0.15) is 18.5 Å². The highest BCUT2D eigenvalue weighted by atomic mass is 79.9. The number of anilines is 1. The van der Waals surface area contributed by atoms with Crippen molar-refractivity contribution >= 4 is 21.6 Å². The van der Waals surface area contributed by atoms with Gasteiger partial charge in [0.05, 0.1) is 6.04 Å². The van der Waals surface area contributed by atoms with Crippen LogP contribution in [-0.2, 0) is 0 Å². The van der Waals surface area contributed by atoms with E-state index in [1.165, 1.54) is 24.3 Å². The summed E-state index contributed by atoms with van der Waals surface area (Å²) in [5.41, 5.74) is 7.71. The predicted molar refractivity (Wildman–Crippen MR) is 85.3 cm³/mol. The van der Waals surface area contributed by atoms with Crippen molar-refractivity contribution in [2.45, 2.75) is 13.0 Å². The minimum absolute atomic E-state index is 0.115. The first-order valence-electron chi connectivity index (χ1n) is 6.74. The molecule has 0 amide bonds. The summed E-state index contributed by atoms with van der Waals surface area (Å²) in [4.78, 5) is 2.07. The van der Waals surface area contributed by atoms with E-state index in [2.05, 4.69) is 20.8 Å². The maximum absolute atomic E-state index is 13.2. The van der Waals surface area contributed by atoms with E-state index in [1.54, 1.807) is 18.2 Å². The van der Waals surface area contributed by atoms with Crippen molar-refractivity contribution in [2.24, 2.45) is 5.73 Å². The third-order valence-corrected chi connectivity index (χ3v) is 4.11. The maximum Gasteiger partial charge on any atom is 0.124 e. The largest absolute Gasteiger partial charge is 0.363 e. The molecule has 0 radical (unpaired) electrons. The molecule has 2 aromatic carbocycles. The van der Waals surface area contributed by atoms with E-state index in [-0.39, 0.29) is 17.7 Å². The van der Waals surface area contributed by atoms with Crippen LogP contribution < -0.4 is 10.6 Å². The molecule has 0 saturated heterocycles. The Labute approximate surface area is 131 Å². The molecule has 0 heterocycles. The second-order valence-electron chi connectivity index (χ2n) is 4.68. The van der Waals surface area contributed by atoms with E-state index in [1.807, 2.05) is 6.92 Å². The fraction of sp³-hybridized carbons (Fsp3) is 0.250. The van der Waals surface area contributed by atoms with Gasteiger partial charge < -0.3 is 10.6 Å². The van der Waals surface area contributed by atoms with Crippen LogP contribution in [-0.4, -0.2) is 13.1 Å². The van der Waals surface area contributed by atoms with Gasteiger partial charge in [-0.2, -0.15) is 0 Å². The van der Waals surface area contributed by atoms with E-state index < -0.39 is 0 Å². The Hall–Kier alpha value is -1.46. The van der Waals surface area contributed by atoms with Crippen molar-refractivity contribution in [2.75, 3.05) is 18.0 Å². The van der Waals surface area contributed by atoms with Crippen LogP contribution >= 0.6 is 15.9 Å². The SMILES string of the molecule is CCN(c1ccc(F)cc1)C(CN)c1ccc(F)cc1Br. The van der Waals surface area contributed by atoms with Crippen LogP contribution in [0.15, 0.2) is 46.9 Å². The van der Waals surface area contributed by atoms with Gasteiger partial charge >= 0.3 is 0 Å². The first-order chi connectivity index (χ1) is 10.1. The lowest BCUT2D eigenvalue weighted by molar-refractivity contribution is 0.612. The maximum atomic E-state index is 13.2. The fourth-order valence-electron chi connectivity index (χ4n) is 2.41. The number of hydrogen-bond donors (Lipinski definition) is 1. The molecule has 2 aromatic rings. The zero-order valence-corrected chi connectivity index (χ0v) is 13.3. The molecule has 1 unspecified atom stereocenters. The molecule has 0 bridgehead atoms. The monoisotopic (exact) mass is 354 g/mol. The van der Waals surface area contributed by atoms with Crippen LogP contribution in [0.5, 0.6) is 0 Å². The van der Waals surface area contributed by atoms with Gasteiger partial charge in [0.2, 0.25) is 0 Å². The van der Waals surface area contributed by atoms with Crippen molar-refractivity contribution in [1.82, 2.24) is 0 Å². The molecule has 112 valence electrons. The lowest BCUT2D eigenvalue weighted by Crippen LogP contribution is -2.34. The first kappa shape index (κ1) is 15.9. The van der Waals surface area contributed by atoms with Gasteiger partial charge in [-0.1, -0.05) is 22.0 Å². The summed E-state index contributed by atoms with van der Waals surface area (Å²) < 4.78 is 27.0. The Morgan fingerprint density at radius 1 is 1.10 bits per heavy atom. The van der Waals surface area contributed by atoms with E-state index >= 15 is 0 Å². The number of rotatable bonds is 5. The molecule has 2 nitrogen and oxygen atoms in total.